The van der Waals surface area contributed by atoms with Crippen LogP contribution < -0.4 is 4.72 Å². The third-order valence-corrected chi connectivity index (χ3v) is 3.01. The summed E-state index contributed by atoms with van der Waals surface area (Å²) in [6.07, 6.45) is 2.43. The fourth-order valence-electron chi connectivity index (χ4n) is 0.804. The molecule has 0 bridgehead atoms. The topological polar surface area (TPSA) is 98.6 Å². The molecule has 0 unspecified atom stereocenters. The molecule has 1 rings (SSSR count). The smallest absolute Gasteiger partial charge is 0.258 e. The highest BCUT2D eigenvalue weighted by atomic mass is 32.2. The van der Waals surface area contributed by atoms with E-state index < -0.39 is 15.6 Å². The molecule has 7 heteroatoms. The number of sulfonamides is 1. The highest BCUT2D eigenvalue weighted by Crippen LogP contribution is 2.08. The first-order valence-corrected chi connectivity index (χ1v) is 5.29. The number of H-pyrrole nitrogens is 1. The molecule has 0 aliphatic carbocycles. The molecule has 0 spiro atoms. The summed E-state index contributed by atoms with van der Waals surface area (Å²) in [5.74, 6) is 0. The van der Waals surface area contributed by atoms with Gasteiger partial charge in [-0.05, 0) is 13.8 Å². The molecule has 2 N–H and O–H groups in total. The van der Waals surface area contributed by atoms with Gasteiger partial charge in [0.2, 0.25) is 0 Å². The third kappa shape index (κ3) is 2.31. The molecule has 0 aliphatic rings. The minimum absolute atomic E-state index is 0.0548. The number of hydrogen-bond acceptors (Lipinski definition) is 4. The van der Waals surface area contributed by atoms with E-state index in [4.69, 9.17) is 5.26 Å². The van der Waals surface area contributed by atoms with E-state index in [1.54, 1.807) is 0 Å². The molecule has 0 amide bonds. The van der Waals surface area contributed by atoms with Gasteiger partial charge in [0.05, 0.1) is 18.6 Å². The quantitative estimate of drug-likeness (QED) is 0.739. The van der Waals surface area contributed by atoms with Crippen molar-refractivity contribution in [3.05, 3.63) is 12.5 Å². The maximum atomic E-state index is 11.5. The highest BCUT2D eigenvalue weighted by Gasteiger charge is 2.26. The van der Waals surface area contributed by atoms with Crippen LogP contribution in [0.4, 0.5) is 0 Å². The lowest BCUT2D eigenvalue weighted by Crippen LogP contribution is -2.42. The van der Waals surface area contributed by atoms with Crippen LogP contribution in [0.2, 0.25) is 0 Å². The molecule has 76 valence electrons. The van der Waals surface area contributed by atoms with Crippen LogP contribution in [-0.4, -0.2) is 23.9 Å². The Kier molecular flexibility index (Phi) is 2.59. The van der Waals surface area contributed by atoms with Crippen LogP contribution in [0.15, 0.2) is 17.6 Å². The fraction of sp³-hybridized carbons (Fsp3) is 0.429. The van der Waals surface area contributed by atoms with Crippen LogP contribution in [0.3, 0.4) is 0 Å². The van der Waals surface area contributed by atoms with Crippen molar-refractivity contribution in [3.63, 3.8) is 0 Å². The molecule has 0 saturated heterocycles. The summed E-state index contributed by atoms with van der Waals surface area (Å²) < 4.78 is 25.3. The van der Waals surface area contributed by atoms with Crippen LogP contribution in [0.1, 0.15) is 13.8 Å². The zero-order chi connectivity index (χ0) is 10.8. The number of imidazole rings is 1. The molecule has 1 aromatic rings. The highest BCUT2D eigenvalue weighted by molar-refractivity contribution is 7.89. The monoisotopic (exact) mass is 214 g/mol. The summed E-state index contributed by atoms with van der Waals surface area (Å²) in [6, 6.07) is 1.83. The van der Waals surface area contributed by atoms with E-state index in [-0.39, 0.29) is 5.03 Å². The SMILES string of the molecule is CC(C)(C#N)NS(=O)(=O)c1cnc[nH]1. The van der Waals surface area contributed by atoms with Crippen molar-refractivity contribution < 1.29 is 8.42 Å². The average molecular weight is 214 g/mol. The van der Waals surface area contributed by atoms with E-state index in [2.05, 4.69) is 14.7 Å². The second-order valence-corrected chi connectivity index (χ2v) is 4.91. The molecule has 0 saturated carbocycles. The van der Waals surface area contributed by atoms with E-state index in [1.165, 1.54) is 26.4 Å². The van der Waals surface area contributed by atoms with Gasteiger partial charge in [0, 0.05) is 0 Å². The molecule has 14 heavy (non-hydrogen) atoms. The Morgan fingerprint density at radius 2 is 2.29 bits per heavy atom. The molecule has 1 heterocycles. The first kappa shape index (κ1) is 10.7. The first-order chi connectivity index (χ1) is 6.37. The maximum absolute atomic E-state index is 11.5. The number of nitrogens with one attached hydrogen (secondary N) is 2. The van der Waals surface area contributed by atoms with Crippen LogP contribution in [0.25, 0.3) is 0 Å². The average Bonchev–Trinajstić information content (AvgIpc) is 2.54. The Morgan fingerprint density at radius 1 is 1.64 bits per heavy atom. The molecular formula is C7H10N4O2S. The van der Waals surface area contributed by atoms with Gasteiger partial charge in [-0.3, -0.25) is 0 Å². The lowest BCUT2D eigenvalue weighted by molar-refractivity contribution is 0.533. The van der Waals surface area contributed by atoms with Gasteiger partial charge in [0.25, 0.3) is 10.0 Å². The van der Waals surface area contributed by atoms with Crippen molar-refractivity contribution in [1.82, 2.24) is 14.7 Å². The van der Waals surface area contributed by atoms with Crippen LogP contribution in [0.5, 0.6) is 0 Å². The summed E-state index contributed by atoms with van der Waals surface area (Å²) in [5, 5.41) is 8.60. The Balaban J connectivity index is 2.97. The number of nitrogens with zero attached hydrogens (tertiary/aromatic N) is 2. The number of aromatic amines is 1. The van der Waals surface area contributed by atoms with Gasteiger partial charge in [-0.15, -0.1) is 0 Å². The largest absolute Gasteiger partial charge is 0.335 e. The molecule has 0 fully saturated rings. The lowest BCUT2D eigenvalue weighted by atomic mass is 10.1. The van der Waals surface area contributed by atoms with Crippen molar-refractivity contribution in [2.45, 2.75) is 24.4 Å². The Morgan fingerprint density at radius 3 is 2.71 bits per heavy atom. The van der Waals surface area contributed by atoms with Crippen LogP contribution in [0, 0.1) is 11.3 Å². The molecular weight excluding hydrogens is 204 g/mol. The van der Waals surface area contributed by atoms with Gasteiger partial charge < -0.3 is 4.98 Å². The standard InChI is InChI=1S/C7H10N4O2S/c1-7(2,4-8)11-14(12,13)6-3-9-5-10-6/h3,5,11H,1-2H3,(H,9,10). The lowest BCUT2D eigenvalue weighted by Gasteiger charge is -2.16. The summed E-state index contributed by atoms with van der Waals surface area (Å²) in [6.45, 7) is 2.95. The molecule has 0 atom stereocenters. The molecule has 0 radical (unpaired) electrons. The second-order valence-electron chi connectivity index (χ2n) is 3.26. The third-order valence-electron chi connectivity index (χ3n) is 1.43. The summed E-state index contributed by atoms with van der Waals surface area (Å²) >= 11 is 0. The van der Waals surface area contributed by atoms with Gasteiger partial charge in [-0.1, -0.05) is 0 Å². The first-order valence-electron chi connectivity index (χ1n) is 3.81. The zero-order valence-electron chi connectivity index (χ0n) is 7.77. The minimum atomic E-state index is -3.68. The van der Waals surface area contributed by atoms with Gasteiger partial charge >= 0.3 is 0 Å². The van der Waals surface area contributed by atoms with Gasteiger partial charge in [-0.25, -0.2) is 13.4 Å². The summed E-state index contributed by atoms with van der Waals surface area (Å²) in [4.78, 5) is 6.04. The molecule has 0 aromatic carbocycles. The summed E-state index contributed by atoms with van der Waals surface area (Å²) in [7, 11) is -3.68. The Labute approximate surface area is 82.0 Å². The predicted octanol–water partition coefficient (Wildman–Crippen LogP) is -0.00982. The van der Waals surface area contributed by atoms with Crippen molar-refractivity contribution >= 4 is 10.0 Å². The second kappa shape index (κ2) is 3.40. The van der Waals surface area contributed by atoms with Crippen molar-refractivity contribution in [2.24, 2.45) is 0 Å². The molecule has 6 nitrogen and oxygen atoms in total. The van der Waals surface area contributed by atoms with Crippen molar-refractivity contribution in [1.29, 1.82) is 5.26 Å². The summed E-state index contributed by atoms with van der Waals surface area (Å²) in [5.41, 5.74) is -1.13. The van der Waals surface area contributed by atoms with E-state index >= 15 is 0 Å². The van der Waals surface area contributed by atoms with E-state index in [1.807, 2.05) is 6.07 Å². The Hall–Kier alpha value is -1.39. The number of nitriles is 1. The van der Waals surface area contributed by atoms with Gasteiger partial charge in [0.1, 0.15) is 5.54 Å². The predicted molar refractivity (Wildman–Crippen MR) is 48.6 cm³/mol. The molecule has 1 aromatic heterocycles. The minimum Gasteiger partial charge on any atom is -0.335 e. The van der Waals surface area contributed by atoms with E-state index in [0.29, 0.717) is 0 Å². The van der Waals surface area contributed by atoms with Crippen LogP contribution in [-0.2, 0) is 10.0 Å². The Bertz CT molecular complexity index is 441. The van der Waals surface area contributed by atoms with E-state index in [0.717, 1.165) is 0 Å². The van der Waals surface area contributed by atoms with Crippen LogP contribution >= 0.6 is 0 Å². The van der Waals surface area contributed by atoms with Crippen molar-refractivity contribution in [3.8, 4) is 6.07 Å². The number of rotatable bonds is 3. The number of hydrogen-bond donors (Lipinski definition) is 2. The number of aromatic nitrogens is 2. The molecule has 0 aliphatic heterocycles. The normalized spacial score (nSPS) is 12.4. The maximum Gasteiger partial charge on any atom is 0.258 e. The van der Waals surface area contributed by atoms with Crippen molar-refractivity contribution in [2.75, 3.05) is 0 Å². The van der Waals surface area contributed by atoms with Gasteiger partial charge in [0.15, 0.2) is 5.03 Å². The zero-order valence-corrected chi connectivity index (χ0v) is 8.59. The van der Waals surface area contributed by atoms with Gasteiger partial charge in [-0.2, -0.15) is 9.98 Å². The van der Waals surface area contributed by atoms with E-state index in [9.17, 15) is 8.42 Å². The fourth-order valence-corrected chi connectivity index (χ4v) is 2.04.